The van der Waals surface area contributed by atoms with Crippen molar-refractivity contribution >= 4 is 17.6 Å². The van der Waals surface area contributed by atoms with Gasteiger partial charge < -0.3 is 19.5 Å². The first kappa shape index (κ1) is 21.9. The van der Waals surface area contributed by atoms with Crippen LogP contribution in [0.3, 0.4) is 0 Å². The summed E-state index contributed by atoms with van der Waals surface area (Å²) in [5.74, 6) is 0.167. The van der Waals surface area contributed by atoms with E-state index in [2.05, 4.69) is 5.32 Å². The van der Waals surface area contributed by atoms with Gasteiger partial charge in [0.25, 0.3) is 5.91 Å². The molecule has 3 aromatic carbocycles. The lowest BCUT2D eigenvalue weighted by Crippen LogP contribution is -2.30. The summed E-state index contributed by atoms with van der Waals surface area (Å²) in [7, 11) is 0. The van der Waals surface area contributed by atoms with E-state index in [4.69, 9.17) is 14.2 Å². The average Bonchev–Trinajstić information content (AvgIpc) is 2.80. The van der Waals surface area contributed by atoms with Crippen molar-refractivity contribution in [2.75, 3.05) is 11.9 Å². The van der Waals surface area contributed by atoms with Crippen molar-refractivity contribution in [1.29, 1.82) is 0 Å². The fourth-order valence-corrected chi connectivity index (χ4v) is 2.80. The van der Waals surface area contributed by atoms with E-state index in [1.807, 2.05) is 43.3 Å². The van der Waals surface area contributed by atoms with Crippen LogP contribution in [0.5, 0.6) is 11.5 Å². The number of hydrogen-bond donors (Lipinski definition) is 1. The van der Waals surface area contributed by atoms with Crippen LogP contribution in [-0.4, -0.2) is 24.6 Å². The fourth-order valence-electron chi connectivity index (χ4n) is 2.80. The topological polar surface area (TPSA) is 73.9 Å². The van der Waals surface area contributed by atoms with Crippen LogP contribution >= 0.6 is 0 Å². The molecule has 0 radical (unpaired) electrons. The van der Waals surface area contributed by atoms with Crippen molar-refractivity contribution in [1.82, 2.24) is 0 Å². The zero-order valence-corrected chi connectivity index (χ0v) is 17.5. The zero-order chi connectivity index (χ0) is 22.1. The van der Waals surface area contributed by atoms with Gasteiger partial charge in [0.1, 0.15) is 18.1 Å². The number of carbonyl (C=O) groups excluding carboxylic acids is 2. The quantitative estimate of drug-likeness (QED) is 0.502. The standard InChI is InChI=1S/C25H25NO5/c1-3-29-23-12-8-7-11-22(23)26-24(27)18(2)31-25(28)20-13-15-21(16-14-20)30-17-19-9-5-4-6-10-19/h4-16,18H,3,17H2,1-2H3,(H,26,27)/t18-/m0/s1. The highest BCUT2D eigenvalue weighted by molar-refractivity contribution is 5.98. The molecule has 0 fully saturated rings. The van der Waals surface area contributed by atoms with Gasteiger partial charge in [-0.3, -0.25) is 4.79 Å². The third-order valence-corrected chi connectivity index (χ3v) is 4.44. The van der Waals surface area contributed by atoms with Crippen LogP contribution in [0.15, 0.2) is 78.9 Å². The van der Waals surface area contributed by atoms with E-state index in [1.54, 1.807) is 42.5 Å². The predicted molar refractivity (Wildman–Crippen MR) is 118 cm³/mol. The minimum atomic E-state index is -0.976. The molecule has 0 aliphatic rings. The van der Waals surface area contributed by atoms with Crippen molar-refractivity contribution in [2.24, 2.45) is 0 Å². The Morgan fingerprint density at radius 3 is 2.26 bits per heavy atom. The van der Waals surface area contributed by atoms with Gasteiger partial charge in [-0.25, -0.2) is 4.79 Å². The molecule has 0 saturated carbocycles. The maximum atomic E-state index is 12.4. The van der Waals surface area contributed by atoms with Crippen LogP contribution in [-0.2, 0) is 16.1 Å². The van der Waals surface area contributed by atoms with Crippen LogP contribution in [0, 0.1) is 0 Å². The number of anilines is 1. The second kappa shape index (κ2) is 10.8. The first-order valence-corrected chi connectivity index (χ1v) is 10.1. The van der Waals surface area contributed by atoms with Gasteiger partial charge in [0, 0.05) is 0 Å². The normalized spacial score (nSPS) is 11.3. The molecular weight excluding hydrogens is 394 g/mol. The molecule has 0 bridgehead atoms. The Labute approximate surface area is 181 Å². The molecule has 0 spiro atoms. The molecule has 31 heavy (non-hydrogen) atoms. The van der Waals surface area contributed by atoms with Crippen LogP contribution in [0.1, 0.15) is 29.8 Å². The van der Waals surface area contributed by atoms with E-state index < -0.39 is 18.0 Å². The van der Waals surface area contributed by atoms with Gasteiger partial charge in [-0.15, -0.1) is 0 Å². The summed E-state index contributed by atoms with van der Waals surface area (Å²) >= 11 is 0. The lowest BCUT2D eigenvalue weighted by molar-refractivity contribution is -0.123. The molecule has 0 heterocycles. The van der Waals surface area contributed by atoms with Crippen LogP contribution in [0.25, 0.3) is 0 Å². The molecule has 0 aliphatic carbocycles. The summed E-state index contributed by atoms with van der Waals surface area (Å²) in [6.07, 6.45) is -0.976. The number of ether oxygens (including phenoxy) is 3. The van der Waals surface area contributed by atoms with Gasteiger partial charge in [0.05, 0.1) is 17.9 Å². The second-order valence-corrected chi connectivity index (χ2v) is 6.76. The minimum absolute atomic E-state index is 0.335. The molecule has 0 aliphatic heterocycles. The summed E-state index contributed by atoms with van der Waals surface area (Å²) in [6.45, 7) is 4.29. The minimum Gasteiger partial charge on any atom is -0.492 e. The Kier molecular flexibility index (Phi) is 7.65. The van der Waals surface area contributed by atoms with E-state index in [9.17, 15) is 9.59 Å². The Hall–Kier alpha value is -3.80. The summed E-state index contributed by atoms with van der Waals surface area (Å²) in [5, 5.41) is 2.73. The number of benzene rings is 3. The van der Waals surface area contributed by atoms with Gasteiger partial charge in [0.15, 0.2) is 6.10 Å². The Morgan fingerprint density at radius 2 is 1.55 bits per heavy atom. The number of esters is 1. The monoisotopic (exact) mass is 419 g/mol. The molecule has 6 heteroatoms. The molecule has 0 saturated heterocycles. The second-order valence-electron chi connectivity index (χ2n) is 6.76. The first-order chi connectivity index (χ1) is 15.1. The average molecular weight is 419 g/mol. The van der Waals surface area contributed by atoms with Gasteiger partial charge in [0.2, 0.25) is 0 Å². The largest absolute Gasteiger partial charge is 0.492 e. The van der Waals surface area contributed by atoms with E-state index in [-0.39, 0.29) is 0 Å². The van der Waals surface area contributed by atoms with Gasteiger partial charge >= 0.3 is 5.97 Å². The van der Waals surface area contributed by atoms with Gasteiger partial charge in [-0.2, -0.15) is 0 Å². The highest BCUT2D eigenvalue weighted by atomic mass is 16.5. The third kappa shape index (κ3) is 6.34. The number of hydrogen-bond acceptors (Lipinski definition) is 5. The summed E-state index contributed by atoms with van der Waals surface area (Å²) in [6, 6.07) is 23.5. The Balaban J connectivity index is 1.53. The van der Waals surface area contributed by atoms with Crippen LogP contribution in [0.4, 0.5) is 5.69 Å². The van der Waals surface area contributed by atoms with Crippen LogP contribution in [0.2, 0.25) is 0 Å². The molecule has 1 atom stereocenters. The molecule has 160 valence electrons. The lowest BCUT2D eigenvalue weighted by Gasteiger charge is -2.15. The molecule has 0 aromatic heterocycles. The molecule has 1 amide bonds. The summed E-state index contributed by atoms with van der Waals surface area (Å²) < 4.78 is 16.5. The van der Waals surface area contributed by atoms with Crippen molar-refractivity contribution in [2.45, 2.75) is 26.6 Å². The fraction of sp³-hybridized carbons (Fsp3) is 0.200. The number of rotatable bonds is 9. The van der Waals surface area contributed by atoms with Crippen molar-refractivity contribution in [3.8, 4) is 11.5 Å². The number of amides is 1. The molecule has 3 rings (SSSR count). The number of carbonyl (C=O) groups is 2. The van der Waals surface area contributed by atoms with E-state index in [0.29, 0.717) is 36.0 Å². The summed E-state index contributed by atoms with van der Waals surface area (Å²) in [4.78, 5) is 24.9. The lowest BCUT2D eigenvalue weighted by atomic mass is 10.2. The molecule has 1 N–H and O–H groups in total. The SMILES string of the molecule is CCOc1ccccc1NC(=O)[C@H](C)OC(=O)c1ccc(OCc2ccccc2)cc1. The molecular formula is C25H25NO5. The van der Waals surface area contributed by atoms with Crippen molar-refractivity contribution in [3.63, 3.8) is 0 Å². The van der Waals surface area contributed by atoms with Gasteiger partial charge in [-0.05, 0) is 55.8 Å². The molecule has 0 unspecified atom stereocenters. The Morgan fingerprint density at radius 1 is 0.871 bits per heavy atom. The molecule has 6 nitrogen and oxygen atoms in total. The predicted octanol–water partition coefficient (Wildman–Crippen LogP) is 4.85. The van der Waals surface area contributed by atoms with Gasteiger partial charge in [-0.1, -0.05) is 42.5 Å². The molecule has 3 aromatic rings. The highest BCUT2D eigenvalue weighted by Gasteiger charge is 2.20. The third-order valence-electron chi connectivity index (χ3n) is 4.44. The van der Waals surface area contributed by atoms with E-state index in [1.165, 1.54) is 6.92 Å². The van der Waals surface area contributed by atoms with Crippen LogP contribution < -0.4 is 14.8 Å². The maximum absolute atomic E-state index is 12.4. The highest BCUT2D eigenvalue weighted by Crippen LogP contribution is 2.24. The Bertz CT molecular complexity index is 1000. The zero-order valence-electron chi connectivity index (χ0n) is 17.5. The van der Waals surface area contributed by atoms with Crippen molar-refractivity contribution in [3.05, 3.63) is 90.0 Å². The van der Waals surface area contributed by atoms with Crippen molar-refractivity contribution < 1.29 is 23.8 Å². The van der Waals surface area contributed by atoms with E-state index in [0.717, 1.165) is 5.56 Å². The number of nitrogens with one attached hydrogen (secondary N) is 1. The number of para-hydroxylation sites is 2. The summed E-state index contributed by atoms with van der Waals surface area (Å²) in [5.41, 5.74) is 1.91. The smallest absolute Gasteiger partial charge is 0.338 e. The first-order valence-electron chi connectivity index (χ1n) is 10.1. The maximum Gasteiger partial charge on any atom is 0.338 e. The van der Waals surface area contributed by atoms with E-state index >= 15 is 0 Å².